The Morgan fingerprint density at radius 1 is 1.29 bits per heavy atom. The molecule has 0 aliphatic rings. The number of hydrogen-bond acceptors (Lipinski definition) is 1. The number of aromatic nitrogens is 1. The van der Waals surface area contributed by atoms with Crippen molar-refractivity contribution in [1.29, 1.82) is 0 Å². The lowest BCUT2D eigenvalue weighted by Gasteiger charge is -2.07. The van der Waals surface area contributed by atoms with Gasteiger partial charge in [-0.25, -0.2) is 4.39 Å². The van der Waals surface area contributed by atoms with Gasteiger partial charge in [-0.2, -0.15) is 0 Å². The molecule has 0 fully saturated rings. The van der Waals surface area contributed by atoms with Gasteiger partial charge in [0.2, 0.25) is 0 Å². The highest BCUT2D eigenvalue weighted by Crippen LogP contribution is 2.10. The minimum Gasteiger partial charge on any atom is -0.311 e. The van der Waals surface area contributed by atoms with Crippen molar-refractivity contribution in [1.82, 2.24) is 4.57 Å². The summed E-state index contributed by atoms with van der Waals surface area (Å²) in [5, 5.41) is 0. The molecular formula is C13H11BrFNO. The summed E-state index contributed by atoms with van der Waals surface area (Å²) in [6.45, 7) is 2.21. The minimum absolute atomic E-state index is 0.110. The first-order valence-corrected chi connectivity index (χ1v) is 5.96. The fourth-order valence-corrected chi connectivity index (χ4v) is 2.03. The van der Waals surface area contributed by atoms with Crippen LogP contribution in [-0.4, -0.2) is 4.57 Å². The lowest BCUT2D eigenvalue weighted by atomic mass is 10.1. The molecule has 0 unspecified atom stereocenters. The molecule has 1 aromatic carbocycles. The summed E-state index contributed by atoms with van der Waals surface area (Å²) >= 11 is 3.23. The fourth-order valence-electron chi connectivity index (χ4n) is 1.71. The van der Waals surface area contributed by atoms with Crippen LogP contribution >= 0.6 is 15.9 Å². The molecule has 4 heteroatoms. The summed E-state index contributed by atoms with van der Waals surface area (Å²) in [4.78, 5) is 11.7. The van der Waals surface area contributed by atoms with Crippen LogP contribution in [0.4, 0.5) is 4.39 Å². The molecule has 0 aliphatic heterocycles. The Morgan fingerprint density at radius 2 is 2.06 bits per heavy atom. The van der Waals surface area contributed by atoms with E-state index >= 15 is 0 Å². The molecule has 0 amide bonds. The van der Waals surface area contributed by atoms with Gasteiger partial charge in [0.1, 0.15) is 5.82 Å². The van der Waals surface area contributed by atoms with E-state index in [0.29, 0.717) is 6.54 Å². The molecule has 0 saturated carbocycles. The van der Waals surface area contributed by atoms with E-state index in [1.54, 1.807) is 16.8 Å². The zero-order chi connectivity index (χ0) is 12.4. The first kappa shape index (κ1) is 12.0. The molecule has 0 N–H and O–H groups in total. The zero-order valence-corrected chi connectivity index (χ0v) is 10.9. The number of aryl methyl sites for hydroxylation is 1. The molecule has 0 radical (unpaired) electrons. The van der Waals surface area contributed by atoms with Crippen LogP contribution in [-0.2, 0) is 6.54 Å². The lowest BCUT2D eigenvalue weighted by Crippen LogP contribution is -2.18. The summed E-state index contributed by atoms with van der Waals surface area (Å²) in [5.41, 5.74) is 1.53. The second kappa shape index (κ2) is 4.84. The Bertz CT molecular complexity index is 586. The van der Waals surface area contributed by atoms with Crippen molar-refractivity contribution in [3.05, 3.63) is 68.3 Å². The van der Waals surface area contributed by atoms with E-state index in [-0.39, 0.29) is 11.4 Å². The monoisotopic (exact) mass is 295 g/mol. The van der Waals surface area contributed by atoms with Gasteiger partial charge in [-0.05, 0) is 36.2 Å². The van der Waals surface area contributed by atoms with Crippen molar-refractivity contribution in [2.45, 2.75) is 13.5 Å². The Labute approximate surface area is 107 Å². The Hall–Kier alpha value is -1.42. The lowest BCUT2D eigenvalue weighted by molar-refractivity contribution is 0.621. The quantitative estimate of drug-likeness (QED) is 0.834. The van der Waals surface area contributed by atoms with Gasteiger partial charge in [0.15, 0.2) is 0 Å². The van der Waals surface area contributed by atoms with Crippen molar-refractivity contribution >= 4 is 15.9 Å². The van der Waals surface area contributed by atoms with Gasteiger partial charge in [-0.1, -0.05) is 22.0 Å². The van der Waals surface area contributed by atoms with Crippen LogP contribution < -0.4 is 5.56 Å². The van der Waals surface area contributed by atoms with Gasteiger partial charge in [0.05, 0.1) is 6.54 Å². The highest BCUT2D eigenvalue weighted by atomic mass is 79.9. The van der Waals surface area contributed by atoms with Gasteiger partial charge >= 0.3 is 0 Å². The normalized spacial score (nSPS) is 10.5. The molecular weight excluding hydrogens is 285 g/mol. The molecule has 17 heavy (non-hydrogen) atoms. The average molecular weight is 296 g/mol. The van der Waals surface area contributed by atoms with E-state index in [1.807, 2.05) is 13.0 Å². The van der Waals surface area contributed by atoms with Crippen molar-refractivity contribution in [2.75, 3.05) is 0 Å². The van der Waals surface area contributed by atoms with Crippen molar-refractivity contribution < 1.29 is 4.39 Å². The SMILES string of the molecule is Cc1cc(F)cc(Cn2ccc(Br)cc2=O)c1. The van der Waals surface area contributed by atoms with E-state index < -0.39 is 0 Å². The largest absolute Gasteiger partial charge is 0.311 e. The Morgan fingerprint density at radius 3 is 2.71 bits per heavy atom. The molecule has 1 heterocycles. The Kier molecular flexibility index (Phi) is 3.43. The second-order valence-electron chi connectivity index (χ2n) is 3.95. The van der Waals surface area contributed by atoms with Crippen LogP contribution in [0.25, 0.3) is 0 Å². The fraction of sp³-hybridized carbons (Fsp3) is 0.154. The molecule has 2 aromatic rings. The maximum Gasteiger partial charge on any atom is 0.251 e. The van der Waals surface area contributed by atoms with Crippen LogP contribution in [0.3, 0.4) is 0 Å². The van der Waals surface area contributed by atoms with Gasteiger partial charge in [-0.3, -0.25) is 4.79 Å². The maximum absolute atomic E-state index is 13.2. The third-order valence-electron chi connectivity index (χ3n) is 2.41. The molecule has 0 bridgehead atoms. The predicted octanol–water partition coefficient (Wildman–Crippen LogP) is 3.11. The van der Waals surface area contributed by atoms with E-state index in [1.165, 1.54) is 18.2 Å². The molecule has 1 aromatic heterocycles. The van der Waals surface area contributed by atoms with Gasteiger partial charge < -0.3 is 4.57 Å². The van der Waals surface area contributed by atoms with E-state index in [4.69, 9.17) is 0 Å². The number of hydrogen-bond donors (Lipinski definition) is 0. The topological polar surface area (TPSA) is 22.0 Å². The van der Waals surface area contributed by atoms with Crippen LogP contribution in [0.1, 0.15) is 11.1 Å². The van der Waals surface area contributed by atoms with Gasteiger partial charge in [-0.15, -0.1) is 0 Å². The Balaban J connectivity index is 2.34. The molecule has 0 atom stereocenters. The summed E-state index contributed by atoms with van der Waals surface area (Å²) in [5.74, 6) is -0.273. The van der Waals surface area contributed by atoms with Crippen LogP contribution in [0.5, 0.6) is 0 Å². The van der Waals surface area contributed by atoms with E-state index in [0.717, 1.165) is 15.6 Å². The third kappa shape index (κ3) is 3.03. The summed E-state index contributed by atoms with van der Waals surface area (Å²) in [7, 11) is 0. The van der Waals surface area contributed by atoms with Crippen molar-refractivity contribution in [3.8, 4) is 0 Å². The molecule has 2 rings (SSSR count). The number of rotatable bonds is 2. The predicted molar refractivity (Wildman–Crippen MR) is 68.6 cm³/mol. The van der Waals surface area contributed by atoms with Gasteiger partial charge in [0.25, 0.3) is 5.56 Å². The van der Waals surface area contributed by atoms with E-state index in [2.05, 4.69) is 15.9 Å². The van der Waals surface area contributed by atoms with Crippen molar-refractivity contribution in [3.63, 3.8) is 0 Å². The molecule has 88 valence electrons. The summed E-state index contributed by atoms with van der Waals surface area (Å²) in [6, 6.07) is 8.06. The number of benzene rings is 1. The van der Waals surface area contributed by atoms with E-state index in [9.17, 15) is 9.18 Å². The molecule has 0 aliphatic carbocycles. The summed E-state index contributed by atoms with van der Waals surface area (Å²) in [6.07, 6.45) is 1.69. The number of halogens is 2. The maximum atomic E-state index is 13.2. The second-order valence-corrected chi connectivity index (χ2v) is 4.86. The first-order chi connectivity index (χ1) is 8.04. The molecule has 0 saturated heterocycles. The third-order valence-corrected chi connectivity index (χ3v) is 2.91. The van der Waals surface area contributed by atoms with Crippen LogP contribution in [0, 0.1) is 12.7 Å². The molecule has 0 spiro atoms. The highest BCUT2D eigenvalue weighted by Gasteiger charge is 2.01. The zero-order valence-electron chi connectivity index (χ0n) is 9.28. The van der Waals surface area contributed by atoms with Crippen molar-refractivity contribution in [2.24, 2.45) is 0 Å². The highest BCUT2D eigenvalue weighted by molar-refractivity contribution is 9.10. The smallest absolute Gasteiger partial charge is 0.251 e. The average Bonchev–Trinajstić information content (AvgIpc) is 2.21. The number of pyridine rings is 1. The number of nitrogens with zero attached hydrogens (tertiary/aromatic N) is 1. The summed E-state index contributed by atoms with van der Waals surface area (Å²) < 4.78 is 15.5. The molecule has 2 nitrogen and oxygen atoms in total. The first-order valence-electron chi connectivity index (χ1n) is 5.17. The van der Waals surface area contributed by atoms with Crippen LogP contribution in [0.2, 0.25) is 0 Å². The van der Waals surface area contributed by atoms with Crippen LogP contribution in [0.15, 0.2) is 45.8 Å². The minimum atomic E-state index is -0.273. The van der Waals surface area contributed by atoms with Gasteiger partial charge in [0, 0.05) is 16.7 Å². The standard InChI is InChI=1S/C13H11BrFNO/c1-9-4-10(6-12(15)5-9)8-16-3-2-11(14)7-13(16)17/h2-7H,8H2,1H3.